The van der Waals surface area contributed by atoms with E-state index in [4.69, 9.17) is 9.47 Å². The smallest absolute Gasteiger partial charge is 0.231 e. The zero-order chi connectivity index (χ0) is 21.0. The predicted molar refractivity (Wildman–Crippen MR) is 119 cm³/mol. The minimum Gasteiger partial charge on any atom is -0.454 e. The van der Waals surface area contributed by atoms with E-state index in [1.807, 2.05) is 48.5 Å². The van der Waals surface area contributed by atoms with E-state index in [1.165, 1.54) is 10.9 Å². The molecule has 0 saturated carbocycles. The molecule has 0 saturated heterocycles. The largest absolute Gasteiger partial charge is 0.454 e. The lowest BCUT2D eigenvalue weighted by Crippen LogP contribution is -2.22. The molecule has 2 aromatic carbocycles. The second kappa shape index (κ2) is 8.52. The fourth-order valence-corrected chi connectivity index (χ4v) is 3.95. The van der Waals surface area contributed by atoms with Gasteiger partial charge in [-0.25, -0.2) is 0 Å². The fraction of sp³-hybridized carbons (Fsp3) is 0.200. The van der Waals surface area contributed by atoms with Gasteiger partial charge >= 0.3 is 0 Å². The van der Waals surface area contributed by atoms with E-state index in [2.05, 4.69) is 27.4 Å². The monoisotopic (exact) mass is 413 g/mol. The Labute approximate surface area is 180 Å². The zero-order valence-electron chi connectivity index (χ0n) is 17.1. The van der Waals surface area contributed by atoms with Crippen LogP contribution < -0.4 is 14.8 Å². The Morgan fingerprint density at radius 1 is 1.03 bits per heavy atom. The van der Waals surface area contributed by atoms with E-state index < -0.39 is 0 Å². The maximum Gasteiger partial charge on any atom is 0.231 e. The Kier molecular flexibility index (Phi) is 5.27. The van der Waals surface area contributed by atoms with Gasteiger partial charge in [-0.3, -0.25) is 9.78 Å². The SMILES string of the molecule is O=C(CCCc1c(-c2ccccn2)[nH]c2ccccc12)NCc1ccc2c(c1)OCO2. The van der Waals surface area contributed by atoms with Crippen LogP contribution in [0, 0.1) is 0 Å². The second-order valence-corrected chi connectivity index (χ2v) is 7.56. The summed E-state index contributed by atoms with van der Waals surface area (Å²) in [6.07, 6.45) is 3.82. The minimum atomic E-state index is 0.0388. The third-order valence-corrected chi connectivity index (χ3v) is 5.49. The van der Waals surface area contributed by atoms with Crippen molar-refractivity contribution < 1.29 is 14.3 Å². The molecule has 0 aliphatic carbocycles. The number of hydrogen-bond donors (Lipinski definition) is 2. The van der Waals surface area contributed by atoms with Gasteiger partial charge in [-0.2, -0.15) is 0 Å². The third-order valence-electron chi connectivity index (χ3n) is 5.49. The summed E-state index contributed by atoms with van der Waals surface area (Å²) in [5.74, 6) is 1.52. The van der Waals surface area contributed by atoms with Crippen molar-refractivity contribution in [1.82, 2.24) is 15.3 Å². The molecule has 6 nitrogen and oxygen atoms in total. The van der Waals surface area contributed by atoms with Gasteiger partial charge in [-0.05, 0) is 54.3 Å². The van der Waals surface area contributed by atoms with Crippen molar-refractivity contribution in [1.29, 1.82) is 0 Å². The number of carbonyl (C=O) groups is 1. The first kappa shape index (κ1) is 19.2. The van der Waals surface area contributed by atoms with Crippen molar-refractivity contribution in [2.45, 2.75) is 25.8 Å². The standard InChI is InChI=1S/C25H23N3O3/c29-24(27-15-17-11-12-22-23(14-17)31-16-30-22)10-5-7-19-18-6-1-2-8-20(18)28-25(19)21-9-3-4-13-26-21/h1-4,6,8-9,11-14,28H,5,7,10,15-16H2,(H,27,29). The van der Waals surface area contributed by atoms with E-state index in [-0.39, 0.29) is 12.7 Å². The number of pyridine rings is 1. The summed E-state index contributed by atoms with van der Waals surface area (Å²) in [4.78, 5) is 20.4. The molecule has 6 heteroatoms. The molecule has 5 rings (SSSR count). The molecule has 0 radical (unpaired) electrons. The summed E-state index contributed by atoms with van der Waals surface area (Å²) in [5.41, 5.74) is 5.23. The predicted octanol–water partition coefficient (Wildman–Crippen LogP) is 4.60. The molecule has 31 heavy (non-hydrogen) atoms. The van der Waals surface area contributed by atoms with Crippen molar-refractivity contribution in [3.05, 3.63) is 78.0 Å². The lowest BCUT2D eigenvalue weighted by molar-refractivity contribution is -0.121. The Balaban J connectivity index is 1.22. The molecule has 2 N–H and O–H groups in total. The van der Waals surface area contributed by atoms with E-state index in [0.717, 1.165) is 46.8 Å². The van der Waals surface area contributed by atoms with Gasteiger partial charge in [0.1, 0.15) is 0 Å². The molecule has 3 heterocycles. The number of carbonyl (C=O) groups excluding carboxylic acids is 1. The van der Waals surface area contributed by atoms with Crippen LogP contribution in [0.5, 0.6) is 11.5 Å². The molecule has 0 bridgehead atoms. The average molecular weight is 413 g/mol. The number of nitrogens with zero attached hydrogens (tertiary/aromatic N) is 1. The summed E-state index contributed by atoms with van der Waals surface area (Å²) in [6.45, 7) is 0.723. The minimum absolute atomic E-state index is 0.0388. The molecule has 0 unspecified atom stereocenters. The highest BCUT2D eigenvalue weighted by Crippen LogP contribution is 2.32. The number of amides is 1. The van der Waals surface area contributed by atoms with Crippen LogP contribution in [0.3, 0.4) is 0 Å². The summed E-state index contributed by atoms with van der Waals surface area (Å²) in [7, 11) is 0. The highest BCUT2D eigenvalue weighted by Gasteiger charge is 2.15. The molecule has 2 aromatic heterocycles. The van der Waals surface area contributed by atoms with E-state index in [1.54, 1.807) is 6.20 Å². The van der Waals surface area contributed by atoms with Crippen LogP contribution >= 0.6 is 0 Å². The number of H-pyrrole nitrogens is 1. The van der Waals surface area contributed by atoms with Crippen molar-refractivity contribution in [2.75, 3.05) is 6.79 Å². The van der Waals surface area contributed by atoms with Gasteiger partial charge in [0, 0.05) is 30.1 Å². The number of ether oxygens (including phenoxy) is 2. The van der Waals surface area contributed by atoms with Gasteiger partial charge in [0.2, 0.25) is 12.7 Å². The van der Waals surface area contributed by atoms with E-state index in [0.29, 0.717) is 13.0 Å². The van der Waals surface area contributed by atoms with Gasteiger partial charge in [0.15, 0.2) is 11.5 Å². The number of rotatable bonds is 7. The van der Waals surface area contributed by atoms with Gasteiger partial charge in [-0.1, -0.05) is 30.3 Å². The molecule has 0 fully saturated rings. The highest BCUT2D eigenvalue weighted by atomic mass is 16.7. The number of aromatic amines is 1. The number of aryl methyl sites for hydroxylation is 1. The number of benzene rings is 2. The van der Waals surface area contributed by atoms with Crippen LogP contribution in [0.1, 0.15) is 24.0 Å². The first-order valence-corrected chi connectivity index (χ1v) is 10.4. The number of nitrogens with one attached hydrogen (secondary N) is 2. The Hall–Kier alpha value is -3.80. The topological polar surface area (TPSA) is 76.2 Å². The lowest BCUT2D eigenvalue weighted by Gasteiger charge is -2.07. The van der Waals surface area contributed by atoms with Crippen LogP contribution in [0.2, 0.25) is 0 Å². The molecular weight excluding hydrogens is 390 g/mol. The molecule has 156 valence electrons. The van der Waals surface area contributed by atoms with Crippen molar-refractivity contribution in [3.8, 4) is 22.9 Å². The summed E-state index contributed by atoms with van der Waals surface area (Å²) in [5, 5.41) is 4.18. The molecule has 1 aliphatic heterocycles. The summed E-state index contributed by atoms with van der Waals surface area (Å²) in [6, 6.07) is 19.9. The molecule has 0 spiro atoms. The second-order valence-electron chi connectivity index (χ2n) is 7.56. The van der Waals surface area contributed by atoms with Crippen molar-refractivity contribution >= 4 is 16.8 Å². The first-order chi connectivity index (χ1) is 15.3. The Bertz CT molecular complexity index is 1220. The molecule has 1 amide bonds. The summed E-state index contributed by atoms with van der Waals surface area (Å²) >= 11 is 0. The first-order valence-electron chi connectivity index (χ1n) is 10.4. The fourth-order valence-electron chi connectivity index (χ4n) is 3.95. The highest BCUT2D eigenvalue weighted by molar-refractivity contribution is 5.90. The Morgan fingerprint density at radius 2 is 1.90 bits per heavy atom. The van der Waals surface area contributed by atoms with Crippen LogP contribution in [-0.2, 0) is 17.8 Å². The molecule has 0 atom stereocenters. The number of hydrogen-bond acceptors (Lipinski definition) is 4. The van der Waals surface area contributed by atoms with Crippen molar-refractivity contribution in [3.63, 3.8) is 0 Å². The zero-order valence-corrected chi connectivity index (χ0v) is 17.1. The molecule has 4 aromatic rings. The van der Waals surface area contributed by atoms with Crippen LogP contribution in [0.15, 0.2) is 66.9 Å². The van der Waals surface area contributed by atoms with Gasteiger partial charge in [0.05, 0.1) is 11.4 Å². The lowest BCUT2D eigenvalue weighted by atomic mass is 10.0. The maximum atomic E-state index is 12.4. The quantitative estimate of drug-likeness (QED) is 0.464. The van der Waals surface area contributed by atoms with Gasteiger partial charge in [0.25, 0.3) is 0 Å². The van der Waals surface area contributed by atoms with E-state index in [9.17, 15) is 4.79 Å². The van der Waals surface area contributed by atoms with Gasteiger partial charge in [-0.15, -0.1) is 0 Å². The van der Waals surface area contributed by atoms with E-state index >= 15 is 0 Å². The number of fused-ring (bicyclic) bond motifs is 2. The average Bonchev–Trinajstić information content (AvgIpc) is 3.43. The summed E-state index contributed by atoms with van der Waals surface area (Å²) < 4.78 is 10.7. The maximum absolute atomic E-state index is 12.4. The van der Waals surface area contributed by atoms with Crippen molar-refractivity contribution in [2.24, 2.45) is 0 Å². The molecular formula is C25H23N3O3. The third kappa shape index (κ3) is 4.10. The Morgan fingerprint density at radius 3 is 2.81 bits per heavy atom. The molecule has 1 aliphatic rings. The van der Waals surface area contributed by atoms with Crippen LogP contribution in [0.4, 0.5) is 0 Å². The van der Waals surface area contributed by atoms with Crippen LogP contribution in [-0.4, -0.2) is 22.7 Å². The number of aromatic nitrogens is 2. The van der Waals surface area contributed by atoms with Gasteiger partial charge < -0.3 is 19.8 Å². The van der Waals surface area contributed by atoms with Crippen LogP contribution in [0.25, 0.3) is 22.3 Å². The normalized spacial score (nSPS) is 12.3. The number of para-hydroxylation sites is 1.